The number of nitrogens with one attached hydrogen (secondary N) is 1. The van der Waals surface area contributed by atoms with Crippen molar-refractivity contribution in [3.63, 3.8) is 0 Å². The predicted molar refractivity (Wildman–Crippen MR) is 97.1 cm³/mol. The van der Waals surface area contributed by atoms with Crippen LogP contribution < -0.4 is 19.9 Å². The Labute approximate surface area is 163 Å². The number of carboxylic acid groups (broad SMARTS) is 1. The van der Waals surface area contributed by atoms with Crippen molar-refractivity contribution in [2.45, 2.75) is 0 Å². The average Bonchev–Trinajstić information content (AvgIpc) is 2.71. The fourth-order valence-corrected chi connectivity index (χ4v) is 2.55. The number of fused-ring (bicyclic) bond motifs is 1. The summed E-state index contributed by atoms with van der Waals surface area (Å²) < 4.78 is 10.7. The summed E-state index contributed by atoms with van der Waals surface area (Å²) in [5.41, 5.74) is -0.582. The van der Waals surface area contributed by atoms with E-state index in [0.29, 0.717) is 5.56 Å². The number of anilines is 1. The van der Waals surface area contributed by atoms with Gasteiger partial charge >= 0.3 is 0 Å². The van der Waals surface area contributed by atoms with Crippen LogP contribution >= 0.6 is 0 Å². The number of carboxylic acids is 1. The summed E-state index contributed by atoms with van der Waals surface area (Å²) in [6, 6.07) is 9.42. The van der Waals surface area contributed by atoms with E-state index in [2.05, 4.69) is 5.32 Å². The molecular formula is C19H12N3O7-. The van der Waals surface area contributed by atoms with Gasteiger partial charge in [0.05, 0.1) is 17.0 Å². The zero-order chi connectivity index (χ0) is 21.0. The van der Waals surface area contributed by atoms with Crippen LogP contribution in [0.3, 0.4) is 0 Å². The molecule has 0 aliphatic carbocycles. The summed E-state index contributed by atoms with van der Waals surface area (Å²) in [7, 11) is 0. The van der Waals surface area contributed by atoms with Crippen LogP contribution in [0.2, 0.25) is 0 Å². The van der Waals surface area contributed by atoms with Gasteiger partial charge < -0.3 is 24.7 Å². The van der Waals surface area contributed by atoms with E-state index in [0.717, 1.165) is 6.07 Å². The summed E-state index contributed by atoms with van der Waals surface area (Å²) in [4.78, 5) is 33.9. The zero-order valence-corrected chi connectivity index (χ0v) is 14.7. The van der Waals surface area contributed by atoms with E-state index in [4.69, 9.17) is 9.47 Å². The number of benzene rings is 2. The van der Waals surface area contributed by atoms with Crippen molar-refractivity contribution in [3.8, 4) is 17.6 Å². The number of nitro groups is 1. The Hall–Kier alpha value is -4.39. The van der Waals surface area contributed by atoms with Crippen LogP contribution in [0.4, 0.5) is 11.4 Å². The number of amides is 1. The molecule has 1 aliphatic heterocycles. The first-order valence-corrected chi connectivity index (χ1v) is 8.21. The molecular weight excluding hydrogens is 382 g/mol. The molecule has 0 spiro atoms. The Morgan fingerprint density at radius 2 is 1.76 bits per heavy atom. The van der Waals surface area contributed by atoms with Gasteiger partial charge in [0.25, 0.3) is 11.6 Å². The minimum Gasteiger partial charge on any atom is -0.545 e. The van der Waals surface area contributed by atoms with Crippen LogP contribution in [-0.4, -0.2) is 30.0 Å². The summed E-state index contributed by atoms with van der Waals surface area (Å²) in [5, 5.41) is 33.7. The van der Waals surface area contributed by atoms with Gasteiger partial charge in [0.15, 0.2) is 11.5 Å². The van der Waals surface area contributed by atoms with Crippen LogP contribution in [0, 0.1) is 21.4 Å². The molecule has 0 saturated carbocycles. The molecule has 0 saturated heterocycles. The van der Waals surface area contributed by atoms with Crippen molar-refractivity contribution in [2.24, 2.45) is 0 Å². The second-order valence-electron chi connectivity index (χ2n) is 5.80. The Bertz CT molecular complexity index is 1070. The van der Waals surface area contributed by atoms with Gasteiger partial charge in [-0.3, -0.25) is 14.9 Å². The average molecular weight is 394 g/mol. The highest BCUT2D eigenvalue weighted by Crippen LogP contribution is 2.39. The van der Waals surface area contributed by atoms with Crippen molar-refractivity contribution in [2.75, 3.05) is 18.5 Å². The number of ether oxygens (including phenoxy) is 2. The number of rotatable bonds is 5. The smallest absolute Gasteiger partial charge is 0.296 e. The van der Waals surface area contributed by atoms with E-state index in [9.17, 15) is 30.1 Å². The molecule has 1 heterocycles. The van der Waals surface area contributed by atoms with Crippen LogP contribution in [-0.2, 0) is 4.79 Å². The number of aromatic carboxylic acids is 1. The standard InChI is InChI=1S/C19H13N3O7/c20-10-13(7-11-1-3-12(4-2-11)19(24)25)18(23)21-14-8-16-17(29-6-5-28-16)9-15(14)22(26)27/h1-4,7-9H,5-6H2,(H,21,23)(H,24,25)/p-1/b13-7+. The molecule has 146 valence electrons. The lowest BCUT2D eigenvalue weighted by molar-refractivity contribution is -0.384. The number of carbonyl (C=O) groups is 2. The molecule has 10 heteroatoms. The van der Waals surface area contributed by atoms with E-state index in [1.165, 1.54) is 36.4 Å². The summed E-state index contributed by atoms with van der Waals surface area (Å²) in [6.07, 6.45) is 1.22. The van der Waals surface area contributed by atoms with Crippen LogP contribution in [0.5, 0.6) is 11.5 Å². The maximum absolute atomic E-state index is 12.5. The van der Waals surface area contributed by atoms with Crippen molar-refractivity contribution < 1.29 is 29.1 Å². The normalized spacial score (nSPS) is 12.6. The summed E-state index contributed by atoms with van der Waals surface area (Å²) in [5.74, 6) is -1.82. The van der Waals surface area contributed by atoms with Crippen molar-refractivity contribution in [3.05, 3.63) is 63.2 Å². The number of hydrogen-bond donors (Lipinski definition) is 1. The molecule has 0 unspecified atom stereocenters. The third-order valence-corrected chi connectivity index (χ3v) is 3.93. The first-order valence-electron chi connectivity index (χ1n) is 8.21. The molecule has 0 fully saturated rings. The lowest BCUT2D eigenvalue weighted by atomic mass is 10.1. The lowest BCUT2D eigenvalue weighted by Crippen LogP contribution is -2.21. The molecule has 0 aromatic heterocycles. The van der Waals surface area contributed by atoms with Crippen LogP contribution in [0.25, 0.3) is 6.08 Å². The van der Waals surface area contributed by atoms with E-state index in [-0.39, 0.29) is 41.5 Å². The van der Waals surface area contributed by atoms with Crippen LogP contribution in [0.15, 0.2) is 42.0 Å². The second-order valence-corrected chi connectivity index (χ2v) is 5.80. The van der Waals surface area contributed by atoms with E-state index in [1.807, 2.05) is 0 Å². The minimum absolute atomic E-state index is 0.0583. The molecule has 1 aliphatic rings. The molecule has 1 amide bonds. The van der Waals surface area contributed by atoms with Gasteiger partial charge in [0.2, 0.25) is 0 Å². The molecule has 1 N–H and O–H groups in total. The lowest BCUT2D eigenvalue weighted by Gasteiger charge is -2.19. The molecule has 0 atom stereocenters. The minimum atomic E-state index is -1.36. The third kappa shape index (κ3) is 4.30. The van der Waals surface area contributed by atoms with Crippen molar-refractivity contribution in [1.29, 1.82) is 5.26 Å². The summed E-state index contributed by atoms with van der Waals surface area (Å²) >= 11 is 0. The highest BCUT2D eigenvalue weighted by molar-refractivity contribution is 6.10. The number of nitriles is 1. The number of carbonyl (C=O) groups excluding carboxylic acids is 2. The fraction of sp³-hybridized carbons (Fsp3) is 0.105. The second kappa shape index (κ2) is 8.10. The van der Waals surface area contributed by atoms with E-state index >= 15 is 0 Å². The topological polar surface area (TPSA) is 155 Å². The van der Waals surface area contributed by atoms with Gasteiger partial charge in [-0.2, -0.15) is 5.26 Å². The molecule has 2 aromatic carbocycles. The fourth-order valence-electron chi connectivity index (χ4n) is 2.55. The maximum atomic E-state index is 12.5. The number of hydrogen-bond acceptors (Lipinski definition) is 8. The van der Waals surface area contributed by atoms with Gasteiger partial charge in [-0.05, 0) is 17.2 Å². The molecule has 0 bridgehead atoms. The van der Waals surface area contributed by atoms with E-state index in [1.54, 1.807) is 6.07 Å². The first kappa shape index (κ1) is 19.4. The highest BCUT2D eigenvalue weighted by atomic mass is 16.6. The molecule has 10 nitrogen and oxygen atoms in total. The van der Waals surface area contributed by atoms with Gasteiger partial charge in [-0.15, -0.1) is 0 Å². The van der Waals surface area contributed by atoms with E-state index < -0.39 is 22.5 Å². The molecule has 29 heavy (non-hydrogen) atoms. The van der Waals surface area contributed by atoms with Gasteiger partial charge in [0, 0.05) is 6.07 Å². The number of nitro benzene ring substituents is 1. The largest absolute Gasteiger partial charge is 0.545 e. The molecule has 0 radical (unpaired) electrons. The van der Waals surface area contributed by atoms with Gasteiger partial charge in [-0.1, -0.05) is 24.3 Å². The van der Waals surface area contributed by atoms with Crippen LogP contribution in [0.1, 0.15) is 15.9 Å². The zero-order valence-electron chi connectivity index (χ0n) is 14.7. The van der Waals surface area contributed by atoms with Crippen molar-refractivity contribution >= 4 is 29.3 Å². The Morgan fingerprint density at radius 3 is 2.31 bits per heavy atom. The summed E-state index contributed by atoms with van der Waals surface area (Å²) in [6.45, 7) is 0.497. The number of nitrogens with zero attached hydrogens (tertiary/aromatic N) is 2. The van der Waals surface area contributed by atoms with Crippen molar-refractivity contribution in [1.82, 2.24) is 0 Å². The first-order chi connectivity index (χ1) is 13.9. The van der Waals surface area contributed by atoms with Gasteiger partial charge in [-0.25, -0.2) is 0 Å². The quantitative estimate of drug-likeness (QED) is 0.344. The highest BCUT2D eigenvalue weighted by Gasteiger charge is 2.24. The Morgan fingerprint density at radius 1 is 1.14 bits per heavy atom. The SMILES string of the molecule is N#C/C(=C\c1ccc(C(=O)[O-])cc1)C(=O)Nc1cc2c(cc1[N+](=O)[O-])OCCO2. The third-order valence-electron chi connectivity index (χ3n) is 3.93. The van der Waals surface area contributed by atoms with Gasteiger partial charge in [0.1, 0.15) is 30.5 Å². The monoisotopic (exact) mass is 394 g/mol. The Balaban J connectivity index is 1.88. The predicted octanol–water partition coefficient (Wildman–Crippen LogP) is 1.28. The molecule has 3 rings (SSSR count). The molecule has 2 aromatic rings. The Kier molecular flexibility index (Phi) is 5.41. The maximum Gasteiger partial charge on any atom is 0.296 e.